The number of benzene rings is 1. The van der Waals surface area contributed by atoms with Gasteiger partial charge in [-0.15, -0.1) is 11.3 Å². The topological polar surface area (TPSA) is 38.3 Å². The van der Waals surface area contributed by atoms with E-state index >= 15 is 0 Å². The van der Waals surface area contributed by atoms with Gasteiger partial charge < -0.3 is 9.64 Å². The third-order valence-corrected chi connectivity index (χ3v) is 5.54. The van der Waals surface area contributed by atoms with E-state index in [0.29, 0.717) is 0 Å². The van der Waals surface area contributed by atoms with E-state index in [4.69, 9.17) is 4.74 Å². The number of fused-ring (bicyclic) bond motifs is 1. The quantitative estimate of drug-likeness (QED) is 0.690. The molecule has 0 radical (unpaired) electrons. The first-order valence-electron chi connectivity index (χ1n) is 8.48. The summed E-state index contributed by atoms with van der Waals surface area (Å²) in [6.07, 6.45) is 6.83. The van der Waals surface area contributed by atoms with E-state index in [9.17, 15) is 0 Å². The predicted octanol–water partition coefficient (Wildman–Crippen LogP) is 4.75. The van der Waals surface area contributed by atoms with Crippen molar-refractivity contribution in [3.05, 3.63) is 36.0 Å². The highest BCUT2D eigenvalue weighted by Gasteiger charge is 2.18. The third-order valence-electron chi connectivity index (χ3n) is 4.66. The van der Waals surface area contributed by atoms with Gasteiger partial charge in [-0.1, -0.05) is 25.0 Å². The standard InChI is InChI=1S/C19H21N3OS/c1-23-15-8-6-14(7-9-15)16-12-24-19-17(16)18(20-13-21-19)22-10-4-2-3-5-11-22/h6-9,12-13H,2-5,10-11H2,1H3. The van der Waals surface area contributed by atoms with E-state index in [1.54, 1.807) is 24.8 Å². The van der Waals surface area contributed by atoms with Gasteiger partial charge in [-0.25, -0.2) is 9.97 Å². The normalized spacial score (nSPS) is 15.5. The van der Waals surface area contributed by atoms with Crippen LogP contribution in [0.25, 0.3) is 21.3 Å². The van der Waals surface area contributed by atoms with Crippen LogP contribution in [0.1, 0.15) is 25.7 Å². The molecule has 4 rings (SSSR count). The van der Waals surface area contributed by atoms with Gasteiger partial charge in [-0.3, -0.25) is 0 Å². The fourth-order valence-corrected chi connectivity index (χ4v) is 4.28. The molecule has 0 bridgehead atoms. The zero-order valence-electron chi connectivity index (χ0n) is 13.9. The van der Waals surface area contributed by atoms with Crippen LogP contribution < -0.4 is 9.64 Å². The Bertz CT molecular complexity index is 820. The lowest BCUT2D eigenvalue weighted by Gasteiger charge is -2.22. The van der Waals surface area contributed by atoms with Gasteiger partial charge in [-0.2, -0.15) is 0 Å². The highest BCUT2D eigenvalue weighted by Crippen LogP contribution is 2.38. The van der Waals surface area contributed by atoms with E-state index in [0.717, 1.165) is 29.5 Å². The summed E-state index contributed by atoms with van der Waals surface area (Å²) in [6.45, 7) is 2.17. The fourth-order valence-electron chi connectivity index (χ4n) is 3.36. The average molecular weight is 339 g/mol. The first kappa shape index (κ1) is 15.4. The van der Waals surface area contributed by atoms with Crippen LogP contribution in [-0.2, 0) is 0 Å². The molecule has 3 heterocycles. The fraction of sp³-hybridized carbons (Fsp3) is 0.368. The van der Waals surface area contributed by atoms with Crippen LogP contribution in [0.15, 0.2) is 36.0 Å². The number of rotatable bonds is 3. The van der Waals surface area contributed by atoms with Crippen molar-refractivity contribution in [1.29, 1.82) is 0 Å². The molecule has 1 aliphatic rings. The molecular formula is C19H21N3OS. The van der Waals surface area contributed by atoms with Crippen LogP contribution in [0.2, 0.25) is 0 Å². The first-order chi connectivity index (χ1) is 11.9. The van der Waals surface area contributed by atoms with E-state index in [2.05, 4.69) is 32.4 Å². The predicted molar refractivity (Wildman–Crippen MR) is 100 cm³/mol. The summed E-state index contributed by atoms with van der Waals surface area (Å²) in [5.41, 5.74) is 2.41. The Morgan fingerprint density at radius 2 is 1.75 bits per heavy atom. The molecule has 5 heteroatoms. The van der Waals surface area contributed by atoms with E-state index in [1.807, 2.05) is 12.1 Å². The van der Waals surface area contributed by atoms with Gasteiger partial charge in [0.2, 0.25) is 0 Å². The van der Waals surface area contributed by atoms with Crippen LogP contribution in [0.3, 0.4) is 0 Å². The number of methoxy groups -OCH3 is 1. The van der Waals surface area contributed by atoms with Gasteiger partial charge in [0.15, 0.2) is 0 Å². The molecule has 24 heavy (non-hydrogen) atoms. The molecule has 2 aromatic heterocycles. The van der Waals surface area contributed by atoms with Crippen molar-refractivity contribution in [3.8, 4) is 16.9 Å². The molecular weight excluding hydrogens is 318 g/mol. The van der Waals surface area contributed by atoms with Gasteiger partial charge in [0.25, 0.3) is 0 Å². The SMILES string of the molecule is COc1ccc(-c2csc3ncnc(N4CCCCCC4)c23)cc1. The third kappa shape index (κ3) is 2.84. The van der Waals surface area contributed by atoms with Crippen LogP contribution in [0.5, 0.6) is 5.75 Å². The van der Waals surface area contributed by atoms with Crippen LogP contribution in [0, 0.1) is 0 Å². The molecule has 124 valence electrons. The van der Waals surface area contributed by atoms with Gasteiger partial charge >= 0.3 is 0 Å². The van der Waals surface area contributed by atoms with Gasteiger partial charge in [0, 0.05) is 24.0 Å². The largest absolute Gasteiger partial charge is 0.497 e. The van der Waals surface area contributed by atoms with E-state index < -0.39 is 0 Å². The molecule has 1 aromatic carbocycles. The van der Waals surface area contributed by atoms with Crippen molar-refractivity contribution in [2.45, 2.75) is 25.7 Å². The van der Waals surface area contributed by atoms with Crippen molar-refractivity contribution < 1.29 is 4.74 Å². The van der Waals surface area contributed by atoms with Gasteiger partial charge in [-0.05, 0) is 30.5 Å². The summed E-state index contributed by atoms with van der Waals surface area (Å²) in [7, 11) is 1.69. The number of nitrogens with zero attached hydrogens (tertiary/aromatic N) is 3. The Hall–Kier alpha value is -2.14. The minimum absolute atomic E-state index is 0.877. The lowest BCUT2D eigenvalue weighted by Crippen LogP contribution is -2.25. The molecule has 0 saturated carbocycles. The average Bonchev–Trinajstić information content (AvgIpc) is 2.88. The Balaban J connectivity index is 1.81. The molecule has 0 aliphatic carbocycles. The van der Waals surface area contributed by atoms with Crippen LogP contribution in [-0.4, -0.2) is 30.2 Å². The minimum Gasteiger partial charge on any atom is -0.497 e. The number of aromatic nitrogens is 2. The van der Waals surface area contributed by atoms with Gasteiger partial charge in [0.1, 0.15) is 22.7 Å². The van der Waals surface area contributed by atoms with Crippen LogP contribution >= 0.6 is 11.3 Å². The summed E-state index contributed by atoms with van der Waals surface area (Å²) in [5.74, 6) is 1.97. The lowest BCUT2D eigenvalue weighted by atomic mass is 10.1. The number of anilines is 1. The highest BCUT2D eigenvalue weighted by molar-refractivity contribution is 7.17. The highest BCUT2D eigenvalue weighted by atomic mass is 32.1. The molecule has 0 unspecified atom stereocenters. The van der Waals surface area contributed by atoms with Crippen molar-refractivity contribution in [1.82, 2.24) is 9.97 Å². The molecule has 3 aromatic rings. The zero-order valence-corrected chi connectivity index (χ0v) is 14.7. The lowest BCUT2D eigenvalue weighted by molar-refractivity contribution is 0.415. The number of hydrogen-bond acceptors (Lipinski definition) is 5. The number of ether oxygens (including phenoxy) is 1. The molecule has 1 fully saturated rings. The van der Waals surface area contributed by atoms with E-state index in [1.165, 1.54) is 42.2 Å². The summed E-state index contributed by atoms with van der Waals surface area (Å²) in [4.78, 5) is 12.7. The maximum absolute atomic E-state index is 5.28. The maximum atomic E-state index is 5.28. The molecule has 0 N–H and O–H groups in total. The second-order valence-corrected chi connectivity index (χ2v) is 7.01. The molecule has 0 amide bonds. The molecule has 0 spiro atoms. The Morgan fingerprint density at radius 3 is 2.46 bits per heavy atom. The molecule has 1 saturated heterocycles. The summed E-state index contributed by atoms with van der Waals surface area (Å²) in [5, 5.41) is 3.39. The van der Waals surface area contributed by atoms with Crippen LogP contribution in [0.4, 0.5) is 5.82 Å². The first-order valence-corrected chi connectivity index (χ1v) is 9.36. The Labute approximate surface area is 146 Å². The van der Waals surface area contributed by atoms with E-state index in [-0.39, 0.29) is 0 Å². The van der Waals surface area contributed by atoms with Crippen molar-refractivity contribution in [2.24, 2.45) is 0 Å². The summed E-state index contributed by atoms with van der Waals surface area (Å²) >= 11 is 1.69. The molecule has 4 nitrogen and oxygen atoms in total. The number of thiophene rings is 1. The monoisotopic (exact) mass is 339 g/mol. The smallest absolute Gasteiger partial charge is 0.141 e. The Kier molecular flexibility index (Phi) is 4.34. The summed E-state index contributed by atoms with van der Waals surface area (Å²) in [6, 6.07) is 8.24. The summed E-state index contributed by atoms with van der Waals surface area (Å²) < 4.78 is 5.28. The zero-order chi connectivity index (χ0) is 16.4. The second kappa shape index (κ2) is 6.77. The van der Waals surface area contributed by atoms with Gasteiger partial charge in [0.05, 0.1) is 12.5 Å². The number of hydrogen-bond donors (Lipinski definition) is 0. The van der Waals surface area contributed by atoms with Crippen molar-refractivity contribution >= 4 is 27.4 Å². The second-order valence-electron chi connectivity index (χ2n) is 6.16. The maximum Gasteiger partial charge on any atom is 0.141 e. The minimum atomic E-state index is 0.877. The van der Waals surface area contributed by atoms with Crippen molar-refractivity contribution in [3.63, 3.8) is 0 Å². The molecule has 1 aliphatic heterocycles. The van der Waals surface area contributed by atoms with Crippen molar-refractivity contribution in [2.75, 3.05) is 25.1 Å². The molecule has 0 atom stereocenters. The Morgan fingerprint density at radius 1 is 1.00 bits per heavy atom.